The highest BCUT2D eigenvalue weighted by atomic mass is 16.3. The maximum absolute atomic E-state index is 6.97. The summed E-state index contributed by atoms with van der Waals surface area (Å²) < 4.78 is 9.24. The molecule has 17 aromatic rings. The van der Waals surface area contributed by atoms with Crippen molar-refractivity contribution >= 4 is 126 Å². The van der Waals surface area contributed by atoms with Crippen LogP contribution in [-0.4, -0.2) is 14.5 Å². The Kier molecular flexibility index (Phi) is 9.94. The molecular weight excluding hydrogens is 985 g/mol. The summed E-state index contributed by atoms with van der Waals surface area (Å²) in [7, 11) is 0. The monoisotopic (exact) mass is 1030 g/mol. The molecule has 376 valence electrons. The minimum absolute atomic E-state index is 0.605. The highest BCUT2D eigenvalue weighted by Gasteiger charge is 2.26. The molecule has 17 rings (SSSR count). The molecular formula is C76H46N4O. The Labute approximate surface area is 465 Å². The van der Waals surface area contributed by atoms with E-state index in [1.165, 1.54) is 49.0 Å². The minimum Gasteiger partial charge on any atom is -0.456 e. The van der Waals surface area contributed by atoms with Crippen molar-refractivity contribution in [3.63, 3.8) is 0 Å². The lowest BCUT2D eigenvalue weighted by molar-refractivity contribution is 0.669. The van der Waals surface area contributed by atoms with Gasteiger partial charge in [0.05, 0.1) is 27.6 Å². The number of benzene rings is 14. The second-order valence-electron chi connectivity index (χ2n) is 21.2. The first-order valence-corrected chi connectivity index (χ1v) is 27.6. The van der Waals surface area contributed by atoms with E-state index in [0.29, 0.717) is 5.95 Å². The van der Waals surface area contributed by atoms with E-state index in [9.17, 15) is 0 Å². The molecule has 0 N–H and O–H groups in total. The zero-order valence-corrected chi connectivity index (χ0v) is 43.8. The molecule has 0 aliphatic rings. The molecule has 0 radical (unpaired) electrons. The number of anilines is 3. The molecule has 0 bridgehead atoms. The summed E-state index contributed by atoms with van der Waals surface area (Å²) in [6, 6.07) is 98.9. The average Bonchev–Trinajstić information content (AvgIpc) is 3.39. The molecule has 0 amide bonds. The van der Waals surface area contributed by atoms with Gasteiger partial charge in [0.25, 0.3) is 0 Å². The van der Waals surface area contributed by atoms with Crippen LogP contribution >= 0.6 is 0 Å². The third-order valence-corrected chi connectivity index (χ3v) is 16.7. The van der Waals surface area contributed by atoms with Crippen molar-refractivity contribution in [1.82, 2.24) is 14.5 Å². The van der Waals surface area contributed by atoms with Gasteiger partial charge in [0, 0.05) is 49.9 Å². The molecule has 3 heterocycles. The molecule has 0 saturated heterocycles. The topological polar surface area (TPSA) is 47.1 Å². The van der Waals surface area contributed by atoms with E-state index in [0.717, 1.165) is 110 Å². The van der Waals surface area contributed by atoms with Gasteiger partial charge in [-0.25, -0.2) is 9.97 Å². The Bertz CT molecular complexity index is 5290. The molecule has 0 unspecified atom stereocenters. The highest BCUT2D eigenvalue weighted by molar-refractivity contribution is 6.31. The van der Waals surface area contributed by atoms with E-state index in [-0.39, 0.29) is 0 Å². The Morgan fingerprint density at radius 2 is 0.864 bits per heavy atom. The van der Waals surface area contributed by atoms with E-state index < -0.39 is 0 Å². The van der Waals surface area contributed by atoms with E-state index in [1.54, 1.807) is 0 Å². The first-order chi connectivity index (χ1) is 40.2. The first kappa shape index (κ1) is 45.2. The van der Waals surface area contributed by atoms with Crippen LogP contribution in [0.4, 0.5) is 17.1 Å². The quantitative estimate of drug-likeness (QED) is 0.118. The van der Waals surface area contributed by atoms with Crippen molar-refractivity contribution in [1.29, 1.82) is 0 Å². The first-order valence-electron chi connectivity index (χ1n) is 27.6. The van der Waals surface area contributed by atoms with Gasteiger partial charge in [0.1, 0.15) is 11.2 Å². The summed E-state index contributed by atoms with van der Waals surface area (Å²) in [4.78, 5) is 12.9. The zero-order chi connectivity index (χ0) is 53.1. The van der Waals surface area contributed by atoms with Crippen LogP contribution in [0, 0.1) is 0 Å². The average molecular weight is 1030 g/mol. The van der Waals surface area contributed by atoms with Crippen LogP contribution < -0.4 is 4.90 Å². The van der Waals surface area contributed by atoms with Crippen LogP contribution in [-0.2, 0) is 0 Å². The lowest BCUT2D eigenvalue weighted by Crippen LogP contribution is -2.12. The van der Waals surface area contributed by atoms with Crippen LogP contribution in [0.1, 0.15) is 0 Å². The van der Waals surface area contributed by atoms with Crippen molar-refractivity contribution in [2.75, 3.05) is 4.90 Å². The Morgan fingerprint density at radius 3 is 1.49 bits per heavy atom. The van der Waals surface area contributed by atoms with Crippen LogP contribution in [0.25, 0.3) is 148 Å². The third kappa shape index (κ3) is 6.99. The smallest absolute Gasteiger partial charge is 0.235 e. The van der Waals surface area contributed by atoms with E-state index in [2.05, 4.69) is 270 Å². The van der Waals surface area contributed by atoms with Gasteiger partial charge >= 0.3 is 0 Å². The van der Waals surface area contributed by atoms with Gasteiger partial charge < -0.3 is 9.32 Å². The van der Waals surface area contributed by atoms with Crippen molar-refractivity contribution in [2.45, 2.75) is 0 Å². The predicted molar refractivity (Wildman–Crippen MR) is 340 cm³/mol. The molecule has 0 saturated carbocycles. The number of hydrogen-bond donors (Lipinski definition) is 0. The number of fused-ring (bicyclic) bond motifs is 16. The number of furan rings is 1. The fourth-order valence-corrected chi connectivity index (χ4v) is 13.2. The molecule has 0 aliphatic carbocycles. The van der Waals surface area contributed by atoms with Crippen LogP contribution in [0.5, 0.6) is 0 Å². The Balaban J connectivity index is 0.937. The van der Waals surface area contributed by atoms with Gasteiger partial charge in [0.2, 0.25) is 5.95 Å². The standard InChI is InChI=1S/C76H46N4O/c1-3-19-47(20-4-1)49-24-17-26-53(41-49)79(54-27-18-25-50(42-54)48-21-5-2-6-22-48)74-61-34-14-12-32-59(61)72(60-33-13-15-35-62(60)74)51-37-39-69-66(43-51)63-38-40-70-73(75(63)80(69)76-77-46-52-23-7-16-36-68(52)78-76)67-44-64-57-30-10-8-28-55(57)56-29-9-11-31-58(56)65(64)45-71(67)81-70/h1-46H. The van der Waals surface area contributed by atoms with Crippen LogP contribution in [0.2, 0.25) is 0 Å². The van der Waals surface area contributed by atoms with Gasteiger partial charge in [-0.3, -0.25) is 4.57 Å². The number of aromatic nitrogens is 3. The normalized spacial score (nSPS) is 12.0. The number of hydrogen-bond acceptors (Lipinski definition) is 4. The molecule has 5 heteroatoms. The SMILES string of the molecule is c1ccc(-c2cccc(N(c3cccc(-c4ccccc4)c3)c3c4ccccc4c(-c4ccc5c(c4)c4ccc6oc7cc8c9ccccc9c9ccccc9c8cc7c6c4n5-c4ncc5ccccc5n4)c4ccccc34)c2)cc1. The molecule has 5 nitrogen and oxygen atoms in total. The summed E-state index contributed by atoms with van der Waals surface area (Å²) in [6.07, 6.45) is 1.95. The van der Waals surface area contributed by atoms with Crippen molar-refractivity contribution in [2.24, 2.45) is 0 Å². The molecule has 81 heavy (non-hydrogen) atoms. The number of nitrogens with zero attached hydrogens (tertiary/aromatic N) is 4. The maximum atomic E-state index is 6.97. The fourth-order valence-electron chi connectivity index (χ4n) is 13.2. The molecule has 0 aliphatic heterocycles. The zero-order valence-electron chi connectivity index (χ0n) is 43.8. The van der Waals surface area contributed by atoms with E-state index in [1.807, 2.05) is 18.3 Å². The lowest BCUT2D eigenvalue weighted by Gasteiger charge is -2.30. The summed E-state index contributed by atoms with van der Waals surface area (Å²) in [5, 5.41) is 17.1. The third-order valence-electron chi connectivity index (χ3n) is 16.7. The van der Waals surface area contributed by atoms with Gasteiger partial charge in [-0.2, -0.15) is 0 Å². The lowest BCUT2D eigenvalue weighted by atomic mass is 9.89. The van der Waals surface area contributed by atoms with Crippen molar-refractivity contribution in [3.05, 3.63) is 279 Å². The molecule has 14 aromatic carbocycles. The summed E-state index contributed by atoms with van der Waals surface area (Å²) in [6.45, 7) is 0. The van der Waals surface area contributed by atoms with Crippen LogP contribution in [0.15, 0.2) is 284 Å². The summed E-state index contributed by atoms with van der Waals surface area (Å²) >= 11 is 0. The summed E-state index contributed by atoms with van der Waals surface area (Å²) in [5.41, 5.74) is 14.8. The second kappa shape index (κ2) is 17.8. The summed E-state index contributed by atoms with van der Waals surface area (Å²) in [5.74, 6) is 0.605. The van der Waals surface area contributed by atoms with Crippen LogP contribution in [0.3, 0.4) is 0 Å². The van der Waals surface area contributed by atoms with E-state index >= 15 is 0 Å². The maximum Gasteiger partial charge on any atom is 0.235 e. The van der Waals surface area contributed by atoms with Crippen molar-refractivity contribution < 1.29 is 4.42 Å². The molecule has 0 atom stereocenters. The predicted octanol–water partition coefficient (Wildman–Crippen LogP) is 20.9. The minimum atomic E-state index is 0.605. The van der Waals surface area contributed by atoms with E-state index in [4.69, 9.17) is 14.4 Å². The van der Waals surface area contributed by atoms with Gasteiger partial charge in [0.15, 0.2) is 0 Å². The number of rotatable bonds is 7. The largest absolute Gasteiger partial charge is 0.456 e. The van der Waals surface area contributed by atoms with Gasteiger partial charge in [-0.05, 0) is 143 Å². The second-order valence-corrected chi connectivity index (χ2v) is 21.2. The van der Waals surface area contributed by atoms with Gasteiger partial charge in [-0.1, -0.05) is 206 Å². The van der Waals surface area contributed by atoms with Crippen molar-refractivity contribution in [3.8, 4) is 39.3 Å². The Morgan fingerprint density at radius 1 is 0.333 bits per heavy atom. The molecule has 0 spiro atoms. The Hall–Kier alpha value is -10.9. The van der Waals surface area contributed by atoms with Gasteiger partial charge in [-0.15, -0.1) is 0 Å². The fraction of sp³-hybridized carbons (Fsp3) is 0. The number of para-hydroxylation sites is 1. The molecule has 3 aromatic heterocycles. The molecule has 0 fully saturated rings. The highest BCUT2D eigenvalue weighted by Crippen LogP contribution is 2.51.